The first kappa shape index (κ1) is 24.0. The topological polar surface area (TPSA) is 119 Å². The van der Waals surface area contributed by atoms with Gasteiger partial charge in [-0.05, 0) is 49.4 Å². The molecule has 2 heterocycles. The van der Waals surface area contributed by atoms with Gasteiger partial charge in [0.1, 0.15) is 0 Å². The van der Waals surface area contributed by atoms with Gasteiger partial charge in [0.05, 0.1) is 17.7 Å². The van der Waals surface area contributed by atoms with E-state index >= 15 is 0 Å². The maximum atomic E-state index is 12.6. The van der Waals surface area contributed by atoms with Crippen molar-refractivity contribution >= 4 is 17.6 Å². The molecule has 2 aliphatic heterocycles. The van der Waals surface area contributed by atoms with Crippen LogP contribution in [0.5, 0.6) is 0 Å². The molecule has 0 saturated heterocycles. The van der Waals surface area contributed by atoms with Gasteiger partial charge in [-0.15, -0.1) is 0 Å². The molecule has 0 unspecified atom stereocenters. The summed E-state index contributed by atoms with van der Waals surface area (Å²) in [7, 11) is 0. The van der Waals surface area contributed by atoms with Crippen molar-refractivity contribution in [3.8, 4) is 0 Å². The molecule has 0 aromatic heterocycles. The summed E-state index contributed by atoms with van der Waals surface area (Å²) in [4.78, 5) is 36.9. The lowest BCUT2D eigenvalue weighted by molar-refractivity contribution is -0.312. The normalized spacial score (nSPS) is 37.6. The van der Waals surface area contributed by atoms with Crippen molar-refractivity contribution in [2.75, 3.05) is 6.54 Å². The molecule has 34 heavy (non-hydrogen) atoms. The Morgan fingerprint density at radius 2 is 1.91 bits per heavy atom. The largest absolute Gasteiger partial charge is 0.873 e. The zero-order chi connectivity index (χ0) is 24.2. The Labute approximate surface area is 199 Å². The average molecular weight is 464 g/mol. The number of Topliss-reactive ketones (excluding diaryl/α,β-unsaturated/α-hetero) is 1. The van der Waals surface area contributed by atoms with Gasteiger partial charge in [0, 0.05) is 19.0 Å². The Kier molecular flexibility index (Phi) is 7.32. The van der Waals surface area contributed by atoms with Crippen LogP contribution in [-0.2, 0) is 14.4 Å². The molecule has 1 saturated carbocycles. The Morgan fingerprint density at radius 3 is 2.74 bits per heavy atom. The summed E-state index contributed by atoms with van der Waals surface area (Å²) >= 11 is 0. The van der Waals surface area contributed by atoms with E-state index in [1.807, 2.05) is 12.2 Å². The zero-order valence-corrected chi connectivity index (χ0v) is 19.1. The van der Waals surface area contributed by atoms with E-state index < -0.39 is 35.2 Å². The summed E-state index contributed by atoms with van der Waals surface area (Å²) in [6.45, 7) is 4.32. The Bertz CT molecular complexity index is 1020. The van der Waals surface area contributed by atoms with E-state index in [0.29, 0.717) is 30.1 Å². The van der Waals surface area contributed by atoms with Crippen LogP contribution in [0.3, 0.4) is 0 Å². The minimum atomic E-state index is -1.20. The molecule has 0 aromatic rings. The minimum absolute atomic E-state index is 0.0609. The van der Waals surface area contributed by atoms with Crippen molar-refractivity contribution in [2.24, 2.45) is 23.7 Å². The number of allylic oxidation sites excluding steroid dienone is 8. The Hall–Kier alpha value is -3.19. The fraction of sp³-hybridized carbons (Fsp3) is 0.444. The number of nitrogens with one attached hydrogen (secondary N) is 2. The fourth-order valence-electron chi connectivity index (χ4n) is 5.51. The number of carbonyl (C=O) groups is 3. The summed E-state index contributed by atoms with van der Waals surface area (Å²) in [5.74, 6) is -0.643. The molecule has 1 fully saturated rings. The third-order valence-corrected chi connectivity index (χ3v) is 7.31. The van der Waals surface area contributed by atoms with Crippen LogP contribution in [0.1, 0.15) is 32.1 Å². The van der Waals surface area contributed by atoms with E-state index in [1.165, 1.54) is 6.08 Å². The molecule has 6 atom stereocenters. The number of rotatable bonds is 0. The number of hydrogen-bond donors (Lipinski definition) is 3. The van der Waals surface area contributed by atoms with Gasteiger partial charge < -0.3 is 20.8 Å². The van der Waals surface area contributed by atoms with Crippen molar-refractivity contribution in [3.05, 3.63) is 72.1 Å². The molecule has 2 aliphatic carbocycles. The summed E-state index contributed by atoms with van der Waals surface area (Å²) < 4.78 is 0. The van der Waals surface area contributed by atoms with E-state index in [9.17, 15) is 24.6 Å². The van der Waals surface area contributed by atoms with Gasteiger partial charge in [0.15, 0.2) is 5.78 Å². The number of carbonyl (C=O) groups excluding carboxylic acids is 3. The molecule has 0 spiro atoms. The molecule has 7 heteroatoms. The molecule has 2 bridgehead atoms. The first-order chi connectivity index (χ1) is 16.4. The van der Waals surface area contributed by atoms with Crippen molar-refractivity contribution in [3.63, 3.8) is 0 Å². The zero-order valence-electron chi connectivity index (χ0n) is 19.1. The smallest absolute Gasteiger partial charge is 0.254 e. The van der Waals surface area contributed by atoms with Crippen LogP contribution < -0.4 is 15.7 Å². The summed E-state index contributed by atoms with van der Waals surface area (Å²) in [5.41, 5.74) is 0.768. The third kappa shape index (κ3) is 4.99. The minimum Gasteiger partial charge on any atom is -0.873 e. The Balaban J connectivity index is 1.53. The third-order valence-electron chi connectivity index (χ3n) is 7.31. The van der Waals surface area contributed by atoms with Gasteiger partial charge in [-0.3, -0.25) is 14.4 Å². The van der Waals surface area contributed by atoms with E-state index in [0.717, 1.165) is 18.4 Å². The summed E-state index contributed by atoms with van der Waals surface area (Å²) in [6.07, 6.45) is 16.8. The molecule has 180 valence electrons. The SMILES string of the molecule is C=C1C=C[C@@H]2[C@H]3C/C=C\C=C\C(=O)NCC[C@H](O)[C@@H]4NC(=O)C(=C4[O-])C(=O)CC/C=C/[C@@H]3C[C@H]12. The second-order valence-electron chi connectivity index (χ2n) is 9.43. The molecule has 0 radical (unpaired) electrons. The highest BCUT2D eigenvalue weighted by Gasteiger charge is 2.42. The highest BCUT2D eigenvalue weighted by atomic mass is 16.3. The van der Waals surface area contributed by atoms with Gasteiger partial charge in [-0.2, -0.15) is 0 Å². The Morgan fingerprint density at radius 1 is 1.09 bits per heavy atom. The number of aliphatic hydroxyl groups excluding tert-OH is 1. The van der Waals surface area contributed by atoms with Crippen LogP contribution in [0.25, 0.3) is 0 Å². The van der Waals surface area contributed by atoms with Crippen molar-refractivity contribution in [2.45, 2.75) is 44.2 Å². The molecule has 3 N–H and O–H groups in total. The monoisotopic (exact) mass is 463 g/mol. The molecule has 0 aromatic carbocycles. The molecule has 4 aliphatic rings. The number of fused-ring (bicyclic) bond motifs is 4. The van der Waals surface area contributed by atoms with Crippen molar-refractivity contribution in [1.82, 2.24) is 10.6 Å². The second kappa shape index (κ2) is 10.4. The lowest BCUT2D eigenvalue weighted by Gasteiger charge is -2.24. The van der Waals surface area contributed by atoms with Gasteiger partial charge in [-0.1, -0.05) is 60.4 Å². The van der Waals surface area contributed by atoms with E-state index in [-0.39, 0.29) is 25.3 Å². The van der Waals surface area contributed by atoms with Gasteiger partial charge in [0.25, 0.3) is 5.91 Å². The standard InChI is InChI=1S/C27H32N2O5/c1-16-11-12-19-18-8-3-2-4-10-23(32)28-14-13-22(31)25-26(33)24(27(34)29-25)21(30)9-6-5-7-17(18)15-20(16)19/h2-5,7,10-12,17-20,22,25,31,33H,1,6,8-9,13-15H2,(H,28,32)(H,29,34)/p-1/b3-2-,7-5+,10-4+/t17-,18+,19-,20-,22+,25+/m1/s1. The lowest BCUT2D eigenvalue weighted by Crippen LogP contribution is -2.43. The maximum Gasteiger partial charge on any atom is 0.254 e. The van der Waals surface area contributed by atoms with Crippen LogP contribution in [0.2, 0.25) is 0 Å². The van der Waals surface area contributed by atoms with E-state index in [1.54, 1.807) is 6.08 Å². The number of amides is 2. The first-order valence-corrected chi connectivity index (χ1v) is 11.9. The molecular formula is C27H31N2O5-. The van der Waals surface area contributed by atoms with Crippen LogP contribution >= 0.6 is 0 Å². The lowest BCUT2D eigenvalue weighted by atomic mass is 9.85. The number of ketones is 1. The van der Waals surface area contributed by atoms with Gasteiger partial charge in [-0.25, -0.2) is 0 Å². The van der Waals surface area contributed by atoms with Gasteiger partial charge >= 0.3 is 0 Å². The fourth-order valence-corrected chi connectivity index (χ4v) is 5.51. The number of hydrogen-bond acceptors (Lipinski definition) is 5. The highest BCUT2D eigenvalue weighted by Crippen LogP contribution is 2.51. The maximum absolute atomic E-state index is 12.6. The first-order valence-electron chi connectivity index (χ1n) is 11.9. The molecule has 7 nitrogen and oxygen atoms in total. The van der Waals surface area contributed by atoms with Crippen LogP contribution in [0, 0.1) is 23.7 Å². The summed E-state index contributed by atoms with van der Waals surface area (Å²) in [6, 6.07) is -1.16. The van der Waals surface area contributed by atoms with Crippen molar-refractivity contribution in [1.29, 1.82) is 0 Å². The molecule has 4 rings (SSSR count). The van der Waals surface area contributed by atoms with Gasteiger partial charge in [0.2, 0.25) is 5.91 Å². The summed E-state index contributed by atoms with van der Waals surface area (Å²) in [5, 5.41) is 28.0. The van der Waals surface area contributed by atoms with Crippen LogP contribution in [0.15, 0.2) is 72.1 Å². The predicted octanol–water partition coefficient (Wildman–Crippen LogP) is 1.38. The van der Waals surface area contributed by atoms with Crippen molar-refractivity contribution < 1.29 is 24.6 Å². The highest BCUT2D eigenvalue weighted by molar-refractivity contribution is 6.21. The van der Waals surface area contributed by atoms with Crippen LogP contribution in [-0.4, -0.2) is 41.4 Å². The second-order valence-corrected chi connectivity index (χ2v) is 9.43. The number of aliphatic hydroxyl groups is 1. The molecular weight excluding hydrogens is 432 g/mol. The molecule has 2 amide bonds. The quantitative estimate of drug-likeness (QED) is 0.371. The van der Waals surface area contributed by atoms with E-state index in [4.69, 9.17) is 0 Å². The average Bonchev–Trinajstić information content (AvgIpc) is 3.43. The van der Waals surface area contributed by atoms with E-state index in [2.05, 4.69) is 41.5 Å². The predicted molar refractivity (Wildman–Crippen MR) is 126 cm³/mol. The van der Waals surface area contributed by atoms with Crippen LogP contribution in [0.4, 0.5) is 0 Å².